The normalized spacial score (nSPS) is 14.3. The molecule has 0 aliphatic rings. The second kappa shape index (κ2) is 7.86. The van der Waals surface area contributed by atoms with Crippen LogP contribution in [0.1, 0.15) is 64.7 Å². The summed E-state index contributed by atoms with van der Waals surface area (Å²) in [6, 6.07) is -0.224. The maximum atomic E-state index is 11.0. The lowest BCUT2D eigenvalue weighted by molar-refractivity contribution is -0.142. The van der Waals surface area contributed by atoms with Crippen LogP contribution in [0.5, 0.6) is 0 Å². The van der Waals surface area contributed by atoms with Crippen LogP contribution < -0.4 is 0 Å². The first-order valence-electron chi connectivity index (χ1n) is 7.07. The van der Waals surface area contributed by atoms with Gasteiger partial charge in [0.05, 0.1) is 12.0 Å². The van der Waals surface area contributed by atoms with Crippen LogP contribution in [-0.2, 0) is 11.2 Å². The minimum Gasteiger partial charge on any atom is -0.481 e. The molecule has 1 rings (SSSR count). The summed E-state index contributed by atoms with van der Waals surface area (Å²) in [7, 11) is 0. The van der Waals surface area contributed by atoms with E-state index in [0.29, 0.717) is 0 Å². The number of hydrogen-bond acceptors (Lipinski definition) is 4. The zero-order chi connectivity index (χ0) is 14.3. The molecule has 19 heavy (non-hydrogen) atoms. The van der Waals surface area contributed by atoms with Crippen LogP contribution in [0.4, 0.5) is 0 Å². The Morgan fingerprint density at radius 1 is 1.26 bits per heavy atom. The molecule has 1 heterocycles. The van der Waals surface area contributed by atoms with Gasteiger partial charge >= 0.3 is 5.97 Å². The summed E-state index contributed by atoms with van der Waals surface area (Å²) in [4.78, 5) is 11.0. The van der Waals surface area contributed by atoms with Crippen molar-refractivity contribution < 1.29 is 9.90 Å². The number of aromatic nitrogens is 4. The third-order valence-corrected chi connectivity index (χ3v) is 3.56. The molecule has 0 aliphatic heterocycles. The van der Waals surface area contributed by atoms with E-state index in [1.807, 2.05) is 6.92 Å². The molecule has 0 bridgehead atoms. The van der Waals surface area contributed by atoms with E-state index >= 15 is 0 Å². The number of rotatable bonds is 9. The van der Waals surface area contributed by atoms with E-state index in [1.54, 1.807) is 11.6 Å². The van der Waals surface area contributed by atoms with Gasteiger partial charge < -0.3 is 5.11 Å². The number of unbranched alkanes of at least 4 members (excludes halogenated alkanes) is 4. The molecule has 0 aromatic carbocycles. The van der Waals surface area contributed by atoms with Crippen molar-refractivity contribution in [3.05, 3.63) is 5.82 Å². The minimum atomic E-state index is -0.822. The van der Waals surface area contributed by atoms with E-state index in [0.717, 1.165) is 18.7 Å². The summed E-state index contributed by atoms with van der Waals surface area (Å²) in [5, 5.41) is 20.6. The number of aryl methyl sites for hydroxylation is 1. The summed E-state index contributed by atoms with van der Waals surface area (Å²) in [5.74, 6) is -0.531. The molecule has 108 valence electrons. The van der Waals surface area contributed by atoms with Gasteiger partial charge in [-0.2, -0.15) is 0 Å². The van der Waals surface area contributed by atoms with E-state index in [1.165, 1.54) is 25.7 Å². The smallest absolute Gasteiger partial charge is 0.308 e. The van der Waals surface area contributed by atoms with Gasteiger partial charge in [-0.25, -0.2) is 4.68 Å². The summed E-state index contributed by atoms with van der Waals surface area (Å²) >= 11 is 0. The lowest BCUT2D eigenvalue weighted by Gasteiger charge is -2.17. The van der Waals surface area contributed by atoms with Gasteiger partial charge in [-0.15, -0.1) is 5.10 Å². The van der Waals surface area contributed by atoms with Crippen molar-refractivity contribution in [2.45, 2.75) is 65.3 Å². The van der Waals surface area contributed by atoms with Crippen molar-refractivity contribution in [2.24, 2.45) is 5.92 Å². The first-order chi connectivity index (χ1) is 9.07. The lowest BCUT2D eigenvalue weighted by atomic mass is 10.0. The largest absolute Gasteiger partial charge is 0.481 e. The Hall–Kier alpha value is -1.46. The minimum absolute atomic E-state index is 0.224. The second-order valence-electron chi connectivity index (χ2n) is 5.07. The van der Waals surface area contributed by atoms with Gasteiger partial charge in [-0.1, -0.05) is 32.6 Å². The molecule has 2 atom stereocenters. The molecule has 0 aliphatic carbocycles. The summed E-state index contributed by atoms with van der Waals surface area (Å²) in [5.41, 5.74) is 0. The fourth-order valence-electron chi connectivity index (χ4n) is 2.00. The molecule has 0 saturated carbocycles. The molecule has 1 N–H and O–H groups in total. The highest BCUT2D eigenvalue weighted by Gasteiger charge is 2.24. The highest BCUT2D eigenvalue weighted by atomic mass is 16.4. The van der Waals surface area contributed by atoms with Crippen LogP contribution in [0.15, 0.2) is 0 Å². The summed E-state index contributed by atoms with van der Waals surface area (Å²) in [6.45, 7) is 5.71. The van der Waals surface area contributed by atoms with E-state index < -0.39 is 11.9 Å². The highest BCUT2D eigenvalue weighted by molar-refractivity contribution is 5.70. The van der Waals surface area contributed by atoms with E-state index in [9.17, 15) is 4.79 Å². The quantitative estimate of drug-likeness (QED) is 0.696. The molecule has 1 aromatic rings. The standard InChI is InChI=1S/C13H24N4O2/c1-4-5-6-7-8-9-12-14-15-16-17(12)11(3)10(2)13(18)19/h10-11H,4-9H2,1-3H3,(H,18,19). The highest BCUT2D eigenvalue weighted by Crippen LogP contribution is 2.18. The maximum Gasteiger partial charge on any atom is 0.308 e. The molecule has 6 nitrogen and oxygen atoms in total. The van der Waals surface area contributed by atoms with Gasteiger partial charge in [-0.3, -0.25) is 4.79 Å². The van der Waals surface area contributed by atoms with Crippen LogP contribution >= 0.6 is 0 Å². The molecule has 0 saturated heterocycles. The van der Waals surface area contributed by atoms with Crippen molar-refractivity contribution in [1.82, 2.24) is 20.2 Å². The number of hydrogen-bond donors (Lipinski definition) is 1. The molecule has 2 unspecified atom stereocenters. The number of carboxylic acids is 1. The number of nitrogens with zero attached hydrogens (tertiary/aromatic N) is 4. The average Bonchev–Trinajstić information content (AvgIpc) is 2.85. The van der Waals surface area contributed by atoms with E-state index in [2.05, 4.69) is 22.4 Å². The van der Waals surface area contributed by atoms with Crippen LogP contribution in [0.3, 0.4) is 0 Å². The van der Waals surface area contributed by atoms with Gasteiger partial charge in [0.25, 0.3) is 0 Å². The number of aliphatic carboxylic acids is 1. The Balaban J connectivity index is 2.52. The molecule has 0 amide bonds. The van der Waals surface area contributed by atoms with E-state index in [4.69, 9.17) is 5.11 Å². The molecular weight excluding hydrogens is 244 g/mol. The van der Waals surface area contributed by atoms with Crippen LogP contribution in [0, 0.1) is 5.92 Å². The summed E-state index contributed by atoms with van der Waals surface area (Å²) < 4.78 is 1.65. The van der Waals surface area contributed by atoms with Gasteiger partial charge in [0, 0.05) is 6.42 Å². The molecule has 0 spiro atoms. The van der Waals surface area contributed by atoms with E-state index in [-0.39, 0.29) is 6.04 Å². The monoisotopic (exact) mass is 268 g/mol. The topological polar surface area (TPSA) is 80.9 Å². The van der Waals surface area contributed by atoms with Gasteiger partial charge in [0.1, 0.15) is 0 Å². The molecular formula is C13H24N4O2. The zero-order valence-corrected chi connectivity index (χ0v) is 12.0. The van der Waals surface area contributed by atoms with Crippen LogP contribution in [0.25, 0.3) is 0 Å². The number of tetrazole rings is 1. The predicted octanol–water partition coefficient (Wildman–Crippen LogP) is 2.47. The number of carboxylic acid groups (broad SMARTS) is 1. The predicted molar refractivity (Wildman–Crippen MR) is 71.8 cm³/mol. The van der Waals surface area contributed by atoms with Gasteiger partial charge in [-0.05, 0) is 30.7 Å². The van der Waals surface area contributed by atoms with Crippen molar-refractivity contribution in [3.8, 4) is 0 Å². The Labute approximate surface area is 114 Å². The van der Waals surface area contributed by atoms with Crippen molar-refractivity contribution in [3.63, 3.8) is 0 Å². The molecule has 0 radical (unpaired) electrons. The van der Waals surface area contributed by atoms with Crippen LogP contribution in [0.2, 0.25) is 0 Å². The first-order valence-corrected chi connectivity index (χ1v) is 7.07. The fraction of sp³-hybridized carbons (Fsp3) is 0.846. The molecule has 1 aromatic heterocycles. The lowest BCUT2D eigenvalue weighted by Crippen LogP contribution is -2.24. The van der Waals surface area contributed by atoms with Crippen molar-refractivity contribution in [1.29, 1.82) is 0 Å². The Morgan fingerprint density at radius 3 is 2.58 bits per heavy atom. The average molecular weight is 268 g/mol. The Morgan fingerprint density at radius 2 is 1.95 bits per heavy atom. The van der Waals surface area contributed by atoms with Crippen molar-refractivity contribution >= 4 is 5.97 Å². The third kappa shape index (κ3) is 4.61. The maximum absolute atomic E-state index is 11.0. The molecule has 0 fully saturated rings. The second-order valence-corrected chi connectivity index (χ2v) is 5.07. The SMILES string of the molecule is CCCCCCCc1nnnn1C(C)C(C)C(=O)O. The fourth-order valence-corrected chi connectivity index (χ4v) is 2.00. The zero-order valence-electron chi connectivity index (χ0n) is 12.0. The Kier molecular flexibility index (Phi) is 6.45. The van der Waals surface area contributed by atoms with Crippen molar-refractivity contribution in [2.75, 3.05) is 0 Å². The first kappa shape index (κ1) is 15.6. The van der Waals surface area contributed by atoms with Gasteiger partial charge in [0.2, 0.25) is 0 Å². The Bertz CT molecular complexity index is 392. The van der Waals surface area contributed by atoms with Crippen LogP contribution in [-0.4, -0.2) is 31.3 Å². The third-order valence-electron chi connectivity index (χ3n) is 3.56. The van der Waals surface area contributed by atoms with Gasteiger partial charge in [0.15, 0.2) is 5.82 Å². The summed E-state index contributed by atoms with van der Waals surface area (Å²) in [6.07, 6.45) is 6.76. The number of carbonyl (C=O) groups is 1. The molecule has 6 heteroatoms.